The first-order valence-corrected chi connectivity index (χ1v) is 21.2. The molecule has 0 bridgehead atoms. The second kappa shape index (κ2) is 14.2. The molecule has 0 nitrogen and oxygen atoms in total. The predicted octanol–water partition coefficient (Wildman–Crippen LogP) is 6.73. The number of rotatable bonds is 2. The van der Waals surface area contributed by atoms with Crippen LogP contribution in [0.5, 0.6) is 0 Å². The van der Waals surface area contributed by atoms with Crippen LogP contribution in [0, 0.1) is 12.2 Å². The van der Waals surface area contributed by atoms with Crippen LogP contribution >= 0.6 is 24.8 Å². The molecule has 2 aliphatic rings. The molecule has 0 aromatic carbocycles. The van der Waals surface area contributed by atoms with Gasteiger partial charge in [-0.1, -0.05) is 39.3 Å². The van der Waals surface area contributed by atoms with E-state index < -0.39 is 16.1 Å². The first kappa shape index (κ1) is 29.8. The molecule has 2 rings (SSSR count). The van der Waals surface area contributed by atoms with Gasteiger partial charge in [0.25, 0.3) is 0 Å². The van der Waals surface area contributed by atoms with Crippen molar-refractivity contribution in [1.29, 1.82) is 0 Å². The zero-order valence-electron chi connectivity index (χ0n) is 16.5. The second-order valence-corrected chi connectivity index (χ2v) is 27.3. The van der Waals surface area contributed by atoms with Gasteiger partial charge in [0.2, 0.25) is 0 Å². The van der Waals surface area contributed by atoms with E-state index in [9.17, 15) is 0 Å². The Hall–Kier alpha value is 1.07. The summed E-state index contributed by atoms with van der Waals surface area (Å²) < 4.78 is 0. The number of hydrogen-bond acceptors (Lipinski definition) is 0. The fraction of sp³-hybridized carbons (Fsp3) is 0.556. The van der Waals surface area contributed by atoms with Crippen LogP contribution in [0.4, 0.5) is 0 Å². The van der Waals surface area contributed by atoms with Gasteiger partial charge in [-0.15, -0.1) is 37.7 Å². The number of allylic oxidation sites excluding steroid dienone is 8. The smallest absolute Gasteiger partial charge is 0.147 e. The van der Waals surface area contributed by atoms with Gasteiger partial charge >= 0.3 is 41.9 Å². The van der Waals surface area contributed by atoms with Crippen molar-refractivity contribution < 1.29 is 23.3 Å². The Morgan fingerprint density at radius 1 is 0.792 bits per heavy atom. The Labute approximate surface area is 180 Å². The quantitative estimate of drug-likeness (QED) is 0.293. The molecule has 0 aliphatic heterocycles. The summed E-state index contributed by atoms with van der Waals surface area (Å²) in [6.45, 7) is 18.7. The summed E-state index contributed by atoms with van der Waals surface area (Å²) in [5.41, 5.74) is 0.210. The molecule has 0 spiro atoms. The van der Waals surface area contributed by atoms with Crippen LogP contribution in [0.2, 0.25) is 52.4 Å². The summed E-state index contributed by atoms with van der Waals surface area (Å²) >= 11 is 1.74. The van der Waals surface area contributed by atoms with Crippen molar-refractivity contribution in [2.45, 2.75) is 65.2 Å². The maximum absolute atomic E-state index is 3.36. The Morgan fingerprint density at radius 2 is 1.04 bits per heavy atom. The fourth-order valence-corrected chi connectivity index (χ4v) is 4.34. The molecular formula is C18H34Cl2Si3Zr. The normalized spacial score (nSPS) is 14.9. The van der Waals surface area contributed by atoms with Crippen molar-refractivity contribution in [3.63, 3.8) is 0 Å². The number of halogens is 2. The molecule has 0 radical (unpaired) electrons. The van der Waals surface area contributed by atoms with E-state index >= 15 is 0 Å². The van der Waals surface area contributed by atoms with Crippen LogP contribution in [-0.2, 0) is 23.3 Å². The average molecular weight is 497 g/mol. The molecule has 0 N–H and O–H groups in total. The van der Waals surface area contributed by atoms with Gasteiger partial charge in [0.1, 0.15) is 0 Å². The third-order valence-electron chi connectivity index (χ3n) is 3.01. The van der Waals surface area contributed by atoms with Crippen LogP contribution in [0.1, 0.15) is 12.8 Å². The van der Waals surface area contributed by atoms with Crippen molar-refractivity contribution in [3.8, 4) is 0 Å². The van der Waals surface area contributed by atoms with Crippen LogP contribution in [0.15, 0.2) is 34.7 Å². The Kier molecular flexibility index (Phi) is 17.6. The minimum Gasteiger partial charge on any atom is -0.147 e. The van der Waals surface area contributed by atoms with Gasteiger partial charge in [-0.05, 0) is 0 Å². The maximum Gasteiger partial charge on any atom is -0.147 e. The van der Waals surface area contributed by atoms with Crippen LogP contribution < -0.4 is 0 Å². The van der Waals surface area contributed by atoms with E-state index in [1.165, 1.54) is 10.4 Å². The summed E-state index contributed by atoms with van der Waals surface area (Å²) in [6.07, 6.45) is 17.6. The van der Waals surface area contributed by atoms with Gasteiger partial charge in [0.15, 0.2) is 0 Å². The van der Waals surface area contributed by atoms with Gasteiger partial charge < -0.3 is 0 Å². The monoisotopic (exact) mass is 494 g/mol. The summed E-state index contributed by atoms with van der Waals surface area (Å²) in [6, 6.07) is 0. The Bertz CT molecular complexity index is 449. The van der Waals surface area contributed by atoms with Gasteiger partial charge in [-0.25, -0.2) is 22.5 Å². The topological polar surface area (TPSA) is 0 Å². The predicted molar refractivity (Wildman–Crippen MR) is 120 cm³/mol. The van der Waals surface area contributed by atoms with Gasteiger partial charge in [0, 0.05) is 16.1 Å². The van der Waals surface area contributed by atoms with E-state index in [1.807, 2.05) is 0 Å². The van der Waals surface area contributed by atoms with E-state index in [2.05, 4.69) is 88.8 Å². The second-order valence-electron chi connectivity index (χ2n) is 7.89. The minimum atomic E-state index is -1.01. The van der Waals surface area contributed by atoms with E-state index in [0.29, 0.717) is 0 Å². The van der Waals surface area contributed by atoms with Gasteiger partial charge in [-0.2, -0.15) is 12.2 Å². The zero-order valence-corrected chi connectivity index (χ0v) is 23.6. The largest absolute Gasteiger partial charge is 0.147 e. The minimum absolute atomic E-state index is 0. The molecule has 0 unspecified atom stereocenters. The first-order valence-electron chi connectivity index (χ1n) is 8.02. The molecule has 0 aromatic rings. The van der Waals surface area contributed by atoms with E-state index in [4.69, 9.17) is 0 Å². The molecule has 0 amide bonds. The molecule has 0 saturated carbocycles. The van der Waals surface area contributed by atoms with E-state index in [0.717, 1.165) is 12.8 Å². The van der Waals surface area contributed by atoms with Crippen molar-refractivity contribution in [2.75, 3.05) is 0 Å². The summed E-state index contributed by atoms with van der Waals surface area (Å²) in [4.78, 5) is 0. The van der Waals surface area contributed by atoms with E-state index in [1.54, 1.807) is 23.3 Å². The SMILES string of the molecule is C[Si](C)(C)C1=[C-]CC=C1.C[Si](C)(C)C1=[C-]CC=C1.C[Si](C)=[Zr+2].Cl.Cl. The van der Waals surface area contributed by atoms with E-state index in [-0.39, 0.29) is 30.2 Å². The molecule has 0 fully saturated rings. The molecule has 6 heteroatoms. The standard InChI is InChI=1S/2C8H13Si.C2H6Si.2ClH.Zr/c2*1-9(2,3)8-6-4-5-7-8;1-3-2;;;/h2*4,6H,5H2,1-3H3;1-2H3;2*1H;/q2*-1;;;;+2. The molecule has 136 valence electrons. The van der Waals surface area contributed by atoms with Gasteiger partial charge in [0.05, 0.1) is 0 Å². The molecule has 0 saturated heterocycles. The zero-order chi connectivity index (χ0) is 17.4. The summed E-state index contributed by atoms with van der Waals surface area (Å²) in [5.74, 6) is 0. The maximum atomic E-state index is 3.36. The number of hydrogen-bond donors (Lipinski definition) is 0. The molecule has 24 heavy (non-hydrogen) atoms. The van der Waals surface area contributed by atoms with Crippen molar-refractivity contribution in [3.05, 3.63) is 46.8 Å². The average Bonchev–Trinajstić information content (AvgIpc) is 3.02. The Morgan fingerprint density at radius 3 is 1.12 bits per heavy atom. The summed E-state index contributed by atoms with van der Waals surface area (Å²) in [7, 11) is -2.01. The first-order chi connectivity index (χ1) is 9.94. The van der Waals surface area contributed by atoms with Crippen LogP contribution in [0.25, 0.3) is 0 Å². The Balaban J connectivity index is -0.000000283. The molecule has 0 heterocycles. The van der Waals surface area contributed by atoms with Crippen LogP contribution in [-0.4, -0.2) is 21.6 Å². The molecule has 0 atom stereocenters. The van der Waals surface area contributed by atoms with Gasteiger partial charge in [-0.3, -0.25) is 12.2 Å². The third kappa shape index (κ3) is 15.3. The van der Waals surface area contributed by atoms with Crippen molar-refractivity contribution in [2.24, 2.45) is 0 Å². The van der Waals surface area contributed by atoms with Crippen LogP contribution in [0.3, 0.4) is 0 Å². The summed E-state index contributed by atoms with van der Waals surface area (Å²) in [5, 5.41) is 2.98. The van der Waals surface area contributed by atoms with Crippen molar-refractivity contribution >= 4 is 46.4 Å². The van der Waals surface area contributed by atoms with Crippen molar-refractivity contribution in [1.82, 2.24) is 0 Å². The fourth-order valence-electron chi connectivity index (χ4n) is 1.84. The third-order valence-corrected chi connectivity index (χ3v) is 6.92. The molecule has 0 aromatic heterocycles. The molecule has 2 aliphatic carbocycles. The molecular weight excluding hydrogens is 463 g/mol.